The van der Waals surface area contributed by atoms with Crippen LogP contribution in [0.3, 0.4) is 0 Å². The van der Waals surface area contributed by atoms with Crippen LogP contribution in [0.5, 0.6) is 5.75 Å². The Hall–Kier alpha value is -0.780. The van der Waals surface area contributed by atoms with Crippen LogP contribution >= 0.6 is 35.7 Å². The van der Waals surface area contributed by atoms with Crippen LogP contribution in [0.25, 0.3) is 0 Å². The summed E-state index contributed by atoms with van der Waals surface area (Å²) >= 11 is 2.02. The SMILES string of the molecule is CCNC(=NCC1(N2CCOCC2)CCSC1)NCC(C)Oc1cccc(F)c1.I. The molecule has 170 valence electrons. The van der Waals surface area contributed by atoms with Gasteiger partial charge < -0.3 is 20.1 Å². The van der Waals surface area contributed by atoms with Gasteiger partial charge in [-0.15, -0.1) is 24.0 Å². The predicted molar refractivity (Wildman–Crippen MR) is 133 cm³/mol. The monoisotopic (exact) mass is 552 g/mol. The Morgan fingerprint density at radius 2 is 2.17 bits per heavy atom. The number of halogens is 2. The molecule has 0 radical (unpaired) electrons. The molecular formula is C21H34FIN4O2S. The molecule has 1 aromatic carbocycles. The van der Waals surface area contributed by atoms with E-state index in [1.54, 1.807) is 12.1 Å². The Morgan fingerprint density at radius 1 is 1.37 bits per heavy atom. The number of rotatable bonds is 8. The standard InChI is InChI=1S/C21H33FN4O2S.HI/c1-3-23-20(24-14-17(2)28-19-6-4-5-18(22)13-19)25-15-21(7-12-29-16-21)26-8-10-27-11-9-26;/h4-6,13,17H,3,7-12,14-16H2,1-2H3,(H2,23,24,25);1H. The predicted octanol–water partition coefficient (Wildman–Crippen LogP) is 2.97. The minimum Gasteiger partial charge on any atom is -0.489 e. The summed E-state index contributed by atoms with van der Waals surface area (Å²) in [6.07, 6.45) is 1.05. The third-order valence-electron chi connectivity index (χ3n) is 5.33. The van der Waals surface area contributed by atoms with Gasteiger partial charge in [0, 0.05) is 31.5 Å². The molecule has 1 aromatic rings. The van der Waals surface area contributed by atoms with Crippen molar-refractivity contribution in [2.45, 2.75) is 31.9 Å². The van der Waals surface area contributed by atoms with E-state index < -0.39 is 0 Å². The summed E-state index contributed by atoms with van der Waals surface area (Å²) in [4.78, 5) is 7.49. The lowest BCUT2D eigenvalue weighted by Crippen LogP contribution is -2.56. The molecule has 2 unspecified atom stereocenters. The van der Waals surface area contributed by atoms with Crippen molar-refractivity contribution in [1.29, 1.82) is 0 Å². The minimum absolute atomic E-state index is 0. The second kappa shape index (κ2) is 12.9. The largest absolute Gasteiger partial charge is 0.489 e. The molecule has 3 rings (SSSR count). The number of nitrogens with one attached hydrogen (secondary N) is 2. The Morgan fingerprint density at radius 3 is 2.83 bits per heavy atom. The molecule has 0 spiro atoms. The summed E-state index contributed by atoms with van der Waals surface area (Å²) < 4.78 is 24.7. The summed E-state index contributed by atoms with van der Waals surface area (Å²) in [5.74, 6) is 3.35. The molecule has 9 heteroatoms. The average Bonchev–Trinajstić information content (AvgIpc) is 3.21. The lowest BCUT2D eigenvalue weighted by molar-refractivity contribution is -0.0104. The minimum atomic E-state index is -0.291. The van der Waals surface area contributed by atoms with E-state index in [2.05, 4.69) is 22.5 Å². The fraction of sp³-hybridized carbons (Fsp3) is 0.667. The Kier molecular flexibility index (Phi) is 11.0. The maximum atomic E-state index is 13.3. The summed E-state index contributed by atoms with van der Waals surface area (Å²) in [6, 6.07) is 6.24. The number of nitrogens with zero attached hydrogens (tertiary/aromatic N) is 2. The van der Waals surface area contributed by atoms with Crippen LogP contribution in [-0.4, -0.2) is 79.9 Å². The average molecular weight is 552 g/mol. The normalized spacial score (nSPS) is 23.5. The number of thioether (sulfide) groups is 1. The van der Waals surface area contributed by atoms with E-state index in [9.17, 15) is 4.39 Å². The van der Waals surface area contributed by atoms with E-state index in [-0.39, 0.29) is 41.4 Å². The highest BCUT2D eigenvalue weighted by atomic mass is 127. The second-order valence-corrected chi connectivity index (χ2v) is 8.69. The molecule has 30 heavy (non-hydrogen) atoms. The molecule has 0 bridgehead atoms. The first-order valence-corrected chi connectivity index (χ1v) is 11.6. The number of guanidine groups is 1. The summed E-state index contributed by atoms with van der Waals surface area (Å²) in [6.45, 7) is 9.77. The van der Waals surface area contributed by atoms with Crippen LogP contribution in [0.4, 0.5) is 4.39 Å². The first-order valence-electron chi connectivity index (χ1n) is 10.5. The van der Waals surface area contributed by atoms with Crippen molar-refractivity contribution in [3.8, 4) is 5.75 Å². The van der Waals surface area contributed by atoms with E-state index in [1.807, 2.05) is 18.7 Å². The molecule has 0 aliphatic carbocycles. The van der Waals surface area contributed by atoms with E-state index in [0.29, 0.717) is 12.3 Å². The number of hydrogen-bond donors (Lipinski definition) is 2. The molecule has 2 fully saturated rings. The van der Waals surface area contributed by atoms with E-state index in [0.717, 1.165) is 51.1 Å². The third kappa shape index (κ3) is 7.42. The van der Waals surface area contributed by atoms with Gasteiger partial charge in [0.15, 0.2) is 5.96 Å². The van der Waals surface area contributed by atoms with Crippen LogP contribution in [0.1, 0.15) is 20.3 Å². The van der Waals surface area contributed by atoms with E-state index in [1.165, 1.54) is 24.3 Å². The van der Waals surface area contributed by atoms with Gasteiger partial charge in [-0.1, -0.05) is 6.07 Å². The first-order chi connectivity index (χ1) is 14.1. The van der Waals surface area contributed by atoms with Crippen molar-refractivity contribution in [1.82, 2.24) is 15.5 Å². The van der Waals surface area contributed by atoms with Crippen molar-refractivity contribution in [2.75, 3.05) is 57.4 Å². The highest BCUT2D eigenvalue weighted by molar-refractivity contribution is 14.0. The molecule has 2 saturated heterocycles. The van der Waals surface area contributed by atoms with Crippen LogP contribution in [0.2, 0.25) is 0 Å². The van der Waals surface area contributed by atoms with Gasteiger partial charge in [-0.2, -0.15) is 11.8 Å². The lowest BCUT2D eigenvalue weighted by Gasteiger charge is -2.42. The van der Waals surface area contributed by atoms with E-state index >= 15 is 0 Å². The van der Waals surface area contributed by atoms with Gasteiger partial charge in [-0.05, 0) is 38.2 Å². The molecule has 2 aliphatic heterocycles. The zero-order valence-electron chi connectivity index (χ0n) is 17.9. The summed E-state index contributed by atoms with van der Waals surface area (Å²) in [7, 11) is 0. The molecule has 2 atom stereocenters. The number of ether oxygens (including phenoxy) is 2. The molecule has 0 amide bonds. The van der Waals surface area contributed by atoms with Crippen molar-refractivity contribution in [3.63, 3.8) is 0 Å². The number of morpholine rings is 1. The van der Waals surface area contributed by atoms with Gasteiger partial charge in [0.1, 0.15) is 17.7 Å². The smallest absolute Gasteiger partial charge is 0.191 e. The summed E-state index contributed by atoms with van der Waals surface area (Å²) in [5.41, 5.74) is 0.125. The molecule has 2 heterocycles. The third-order valence-corrected chi connectivity index (χ3v) is 6.56. The second-order valence-electron chi connectivity index (χ2n) is 7.59. The summed E-state index contributed by atoms with van der Waals surface area (Å²) in [5, 5.41) is 6.70. The molecule has 6 nitrogen and oxygen atoms in total. The zero-order chi connectivity index (χ0) is 20.5. The fourth-order valence-electron chi connectivity index (χ4n) is 3.73. The number of aliphatic imine (C=N–C) groups is 1. The molecule has 0 aromatic heterocycles. The zero-order valence-corrected chi connectivity index (χ0v) is 21.0. The van der Waals surface area contributed by atoms with Gasteiger partial charge in [-0.3, -0.25) is 9.89 Å². The van der Waals surface area contributed by atoms with Crippen molar-refractivity contribution >= 4 is 41.7 Å². The van der Waals surface area contributed by atoms with Gasteiger partial charge in [0.25, 0.3) is 0 Å². The molecule has 0 saturated carbocycles. The highest BCUT2D eigenvalue weighted by Gasteiger charge is 2.40. The number of benzene rings is 1. The topological polar surface area (TPSA) is 58.1 Å². The van der Waals surface area contributed by atoms with E-state index in [4.69, 9.17) is 14.5 Å². The van der Waals surface area contributed by atoms with Crippen molar-refractivity contribution in [3.05, 3.63) is 30.1 Å². The van der Waals surface area contributed by atoms with Crippen LogP contribution in [-0.2, 0) is 4.74 Å². The van der Waals surface area contributed by atoms with Gasteiger partial charge in [0.05, 0.1) is 31.8 Å². The maximum absolute atomic E-state index is 13.3. The number of hydrogen-bond acceptors (Lipinski definition) is 5. The maximum Gasteiger partial charge on any atom is 0.191 e. The van der Waals surface area contributed by atoms with Crippen molar-refractivity contribution < 1.29 is 13.9 Å². The molecule has 2 aliphatic rings. The van der Waals surface area contributed by atoms with Crippen LogP contribution in [0, 0.1) is 5.82 Å². The Balaban J connectivity index is 0.00000320. The Labute approximate surface area is 200 Å². The highest BCUT2D eigenvalue weighted by Crippen LogP contribution is 2.34. The molecule has 2 N–H and O–H groups in total. The first kappa shape index (κ1) is 25.5. The Bertz CT molecular complexity index is 670. The fourth-order valence-corrected chi connectivity index (χ4v) is 5.20. The molecular weight excluding hydrogens is 518 g/mol. The lowest BCUT2D eigenvalue weighted by atomic mass is 9.96. The van der Waals surface area contributed by atoms with Gasteiger partial charge in [0.2, 0.25) is 0 Å². The van der Waals surface area contributed by atoms with Crippen molar-refractivity contribution in [2.24, 2.45) is 4.99 Å². The van der Waals surface area contributed by atoms with Gasteiger partial charge >= 0.3 is 0 Å². The quantitative estimate of drug-likeness (QED) is 0.294. The van der Waals surface area contributed by atoms with Crippen LogP contribution < -0.4 is 15.4 Å². The van der Waals surface area contributed by atoms with Crippen LogP contribution in [0.15, 0.2) is 29.3 Å². The van der Waals surface area contributed by atoms with Gasteiger partial charge in [-0.25, -0.2) is 4.39 Å².